The second kappa shape index (κ2) is 6.60. The first-order valence-corrected chi connectivity index (χ1v) is 8.42. The van der Waals surface area contributed by atoms with Crippen molar-refractivity contribution in [2.24, 2.45) is 0 Å². The van der Waals surface area contributed by atoms with E-state index in [2.05, 4.69) is 5.32 Å². The first kappa shape index (κ1) is 15.8. The predicted octanol–water partition coefficient (Wildman–Crippen LogP) is 3.14. The van der Waals surface area contributed by atoms with Crippen molar-refractivity contribution in [2.45, 2.75) is 63.0 Å². The number of carbonyl (C=O) groups excluding carboxylic acids is 1. The van der Waals surface area contributed by atoms with Crippen molar-refractivity contribution in [2.75, 3.05) is 0 Å². The molecule has 1 aromatic carbocycles. The Labute approximate surface area is 136 Å². The smallest absolute Gasteiger partial charge is 0.329 e. The van der Waals surface area contributed by atoms with Gasteiger partial charge in [-0.3, -0.25) is 4.79 Å². The number of benzene rings is 1. The lowest BCUT2D eigenvalue weighted by molar-refractivity contribution is -0.144. The molecule has 0 spiro atoms. The minimum Gasteiger partial charge on any atom is -0.490 e. The quantitative estimate of drug-likeness (QED) is 0.875. The van der Waals surface area contributed by atoms with Gasteiger partial charge in [-0.15, -0.1) is 0 Å². The van der Waals surface area contributed by atoms with Gasteiger partial charge in [0.05, 0.1) is 6.10 Å². The number of carboxylic acid groups (broad SMARTS) is 1. The summed E-state index contributed by atoms with van der Waals surface area (Å²) in [5.74, 6) is -0.603. The fourth-order valence-electron chi connectivity index (χ4n) is 3.57. The van der Waals surface area contributed by atoms with E-state index in [0.717, 1.165) is 25.7 Å². The van der Waals surface area contributed by atoms with Crippen LogP contribution in [0.4, 0.5) is 0 Å². The van der Waals surface area contributed by atoms with E-state index < -0.39 is 11.5 Å². The number of carboxylic acids is 1. The third-order valence-electron chi connectivity index (χ3n) is 4.92. The van der Waals surface area contributed by atoms with Crippen LogP contribution in [0.5, 0.6) is 5.75 Å². The van der Waals surface area contributed by atoms with Crippen LogP contribution in [-0.4, -0.2) is 28.6 Å². The first-order chi connectivity index (χ1) is 11.1. The van der Waals surface area contributed by atoms with Crippen molar-refractivity contribution in [1.29, 1.82) is 0 Å². The normalized spacial score (nSPS) is 20.3. The molecule has 5 heteroatoms. The summed E-state index contributed by atoms with van der Waals surface area (Å²) in [7, 11) is 0. The van der Waals surface area contributed by atoms with Gasteiger partial charge in [-0.1, -0.05) is 18.9 Å². The van der Waals surface area contributed by atoms with E-state index in [1.54, 1.807) is 18.2 Å². The molecule has 0 saturated heterocycles. The molecule has 0 unspecified atom stereocenters. The molecule has 2 aliphatic carbocycles. The SMILES string of the molecule is O=C(NC1(C(=O)O)CCCC1)c1cccc(OC2CCCC2)c1. The number of amides is 1. The molecular formula is C18H23NO4. The predicted molar refractivity (Wildman–Crippen MR) is 85.6 cm³/mol. The summed E-state index contributed by atoms with van der Waals surface area (Å²) in [5.41, 5.74) is -0.660. The number of rotatable bonds is 5. The van der Waals surface area contributed by atoms with E-state index in [1.807, 2.05) is 6.07 Å². The fourth-order valence-corrected chi connectivity index (χ4v) is 3.57. The average Bonchev–Trinajstić information content (AvgIpc) is 3.20. The highest BCUT2D eigenvalue weighted by molar-refractivity contribution is 5.98. The third-order valence-corrected chi connectivity index (χ3v) is 4.92. The molecule has 124 valence electrons. The summed E-state index contributed by atoms with van der Waals surface area (Å²) >= 11 is 0. The highest BCUT2D eigenvalue weighted by atomic mass is 16.5. The van der Waals surface area contributed by atoms with Crippen molar-refractivity contribution >= 4 is 11.9 Å². The Morgan fingerprint density at radius 3 is 2.48 bits per heavy atom. The Hall–Kier alpha value is -2.04. The van der Waals surface area contributed by atoms with Gasteiger partial charge in [0.15, 0.2) is 0 Å². The van der Waals surface area contributed by atoms with Gasteiger partial charge < -0.3 is 15.2 Å². The molecule has 2 saturated carbocycles. The molecule has 0 aliphatic heterocycles. The van der Waals surface area contributed by atoms with Crippen molar-refractivity contribution in [3.63, 3.8) is 0 Å². The van der Waals surface area contributed by atoms with Crippen molar-refractivity contribution in [3.8, 4) is 5.75 Å². The van der Waals surface area contributed by atoms with Gasteiger partial charge >= 0.3 is 5.97 Å². The molecule has 0 aromatic heterocycles. The first-order valence-electron chi connectivity index (χ1n) is 8.42. The molecule has 0 bridgehead atoms. The Morgan fingerprint density at radius 2 is 1.83 bits per heavy atom. The van der Waals surface area contributed by atoms with E-state index in [9.17, 15) is 14.7 Å². The number of nitrogens with one attached hydrogen (secondary N) is 1. The number of ether oxygens (including phenoxy) is 1. The zero-order valence-electron chi connectivity index (χ0n) is 13.2. The minimum atomic E-state index is -1.11. The highest BCUT2D eigenvalue weighted by Gasteiger charge is 2.42. The molecule has 2 N–H and O–H groups in total. The summed E-state index contributed by atoms with van der Waals surface area (Å²) in [6, 6.07) is 7.03. The summed E-state index contributed by atoms with van der Waals surface area (Å²) in [6.45, 7) is 0. The summed E-state index contributed by atoms with van der Waals surface area (Å²) < 4.78 is 5.91. The van der Waals surface area contributed by atoms with Gasteiger partial charge in [0.25, 0.3) is 5.91 Å². The number of hydrogen-bond acceptors (Lipinski definition) is 3. The van der Waals surface area contributed by atoms with Gasteiger partial charge in [-0.25, -0.2) is 4.79 Å². The molecule has 3 rings (SSSR count). The molecule has 2 fully saturated rings. The highest BCUT2D eigenvalue weighted by Crippen LogP contribution is 2.30. The topological polar surface area (TPSA) is 75.6 Å². The van der Waals surface area contributed by atoms with E-state index in [1.165, 1.54) is 12.8 Å². The Balaban J connectivity index is 1.70. The second-order valence-electron chi connectivity index (χ2n) is 6.60. The van der Waals surface area contributed by atoms with Crippen LogP contribution in [0.1, 0.15) is 61.7 Å². The summed E-state index contributed by atoms with van der Waals surface area (Å²) in [4.78, 5) is 24.0. The van der Waals surface area contributed by atoms with Crippen LogP contribution in [0.2, 0.25) is 0 Å². The van der Waals surface area contributed by atoms with Gasteiger partial charge in [0.2, 0.25) is 0 Å². The van der Waals surface area contributed by atoms with Crippen LogP contribution in [0.15, 0.2) is 24.3 Å². The zero-order valence-corrected chi connectivity index (χ0v) is 13.2. The zero-order chi connectivity index (χ0) is 16.3. The van der Waals surface area contributed by atoms with E-state index in [4.69, 9.17) is 4.74 Å². The van der Waals surface area contributed by atoms with Crippen LogP contribution in [0, 0.1) is 0 Å². The van der Waals surface area contributed by atoms with Gasteiger partial charge in [0, 0.05) is 5.56 Å². The monoisotopic (exact) mass is 317 g/mol. The summed E-state index contributed by atoms with van der Waals surface area (Å²) in [5, 5.41) is 12.2. The molecule has 1 amide bonds. The van der Waals surface area contributed by atoms with Crippen molar-refractivity contribution < 1.29 is 19.4 Å². The molecular weight excluding hydrogens is 294 g/mol. The molecule has 0 atom stereocenters. The van der Waals surface area contributed by atoms with Crippen LogP contribution >= 0.6 is 0 Å². The minimum absolute atomic E-state index is 0.230. The van der Waals surface area contributed by atoms with Crippen molar-refractivity contribution in [1.82, 2.24) is 5.32 Å². The Bertz CT molecular complexity index is 586. The van der Waals surface area contributed by atoms with Crippen LogP contribution < -0.4 is 10.1 Å². The lowest BCUT2D eigenvalue weighted by Crippen LogP contribution is -2.52. The molecule has 0 radical (unpaired) electrons. The molecule has 5 nitrogen and oxygen atoms in total. The number of carbonyl (C=O) groups is 2. The lowest BCUT2D eigenvalue weighted by Gasteiger charge is -2.25. The molecule has 1 aromatic rings. The van der Waals surface area contributed by atoms with E-state index >= 15 is 0 Å². The van der Waals surface area contributed by atoms with Crippen LogP contribution in [-0.2, 0) is 4.79 Å². The van der Waals surface area contributed by atoms with Gasteiger partial charge in [0.1, 0.15) is 11.3 Å². The van der Waals surface area contributed by atoms with E-state index in [-0.39, 0.29) is 12.0 Å². The van der Waals surface area contributed by atoms with E-state index in [0.29, 0.717) is 24.2 Å². The maximum Gasteiger partial charge on any atom is 0.329 e. The molecule has 0 heterocycles. The third kappa shape index (κ3) is 3.49. The van der Waals surface area contributed by atoms with Crippen molar-refractivity contribution in [3.05, 3.63) is 29.8 Å². The molecule has 2 aliphatic rings. The second-order valence-corrected chi connectivity index (χ2v) is 6.60. The number of aliphatic carboxylic acids is 1. The largest absolute Gasteiger partial charge is 0.490 e. The lowest BCUT2D eigenvalue weighted by atomic mass is 9.97. The maximum absolute atomic E-state index is 12.5. The van der Waals surface area contributed by atoms with Gasteiger partial charge in [-0.05, 0) is 56.7 Å². The fraction of sp³-hybridized carbons (Fsp3) is 0.556. The number of hydrogen-bond donors (Lipinski definition) is 2. The summed E-state index contributed by atoms with van der Waals surface area (Å²) in [6.07, 6.45) is 7.36. The maximum atomic E-state index is 12.5. The van der Waals surface area contributed by atoms with Crippen LogP contribution in [0.25, 0.3) is 0 Å². The Morgan fingerprint density at radius 1 is 1.13 bits per heavy atom. The van der Waals surface area contributed by atoms with Gasteiger partial charge in [-0.2, -0.15) is 0 Å². The average molecular weight is 317 g/mol. The molecule has 23 heavy (non-hydrogen) atoms. The van der Waals surface area contributed by atoms with Crippen LogP contribution in [0.3, 0.4) is 0 Å². The standard InChI is InChI=1S/C18H23NO4/c20-16(19-18(17(21)22)10-3-4-11-18)13-6-5-9-15(12-13)23-14-7-1-2-8-14/h5-6,9,12,14H,1-4,7-8,10-11H2,(H,19,20)(H,21,22). The Kier molecular flexibility index (Phi) is 4.55.